The molecule has 0 bridgehead atoms. The Hall–Kier alpha value is -0.570. The van der Waals surface area contributed by atoms with Crippen LogP contribution in [0.1, 0.15) is 54.9 Å². The molecule has 0 aromatic carbocycles. The summed E-state index contributed by atoms with van der Waals surface area (Å²) in [5, 5.41) is 8.58. The second-order valence-corrected chi connectivity index (χ2v) is 6.70. The summed E-state index contributed by atoms with van der Waals surface area (Å²) in [7, 11) is 0. The predicted molar refractivity (Wildman–Crippen MR) is 60.4 cm³/mol. The second-order valence-electron chi connectivity index (χ2n) is 6.70. The van der Waals surface area contributed by atoms with Gasteiger partial charge in [-0.25, -0.2) is 4.79 Å². The third-order valence-electron chi connectivity index (χ3n) is 3.07. The summed E-state index contributed by atoms with van der Waals surface area (Å²) in [4.78, 5) is 15.6. The van der Waals surface area contributed by atoms with Gasteiger partial charge in [0.2, 0.25) is 0 Å². The van der Waals surface area contributed by atoms with E-state index in [1.165, 1.54) is 0 Å². The van der Waals surface area contributed by atoms with Crippen molar-refractivity contribution in [2.24, 2.45) is 16.2 Å². The maximum Gasteiger partial charge on any atom is 0.348 e. The van der Waals surface area contributed by atoms with E-state index in [1.54, 1.807) is 0 Å². The Bertz CT molecular complexity index is 232. The minimum absolute atomic E-state index is 0.0101. The van der Waals surface area contributed by atoms with E-state index in [0.717, 1.165) is 0 Å². The molecule has 90 valence electrons. The third kappa shape index (κ3) is 3.49. The van der Waals surface area contributed by atoms with E-state index in [4.69, 9.17) is 5.26 Å². The van der Waals surface area contributed by atoms with Gasteiger partial charge < -0.3 is 4.89 Å². The topological polar surface area (TPSA) is 46.5 Å². The van der Waals surface area contributed by atoms with Crippen LogP contribution in [0.15, 0.2) is 0 Å². The van der Waals surface area contributed by atoms with Crippen LogP contribution in [-0.4, -0.2) is 11.2 Å². The second kappa shape index (κ2) is 4.12. The molecule has 0 aromatic heterocycles. The van der Waals surface area contributed by atoms with Crippen molar-refractivity contribution < 1.29 is 14.9 Å². The van der Waals surface area contributed by atoms with Gasteiger partial charge in [-0.3, -0.25) is 0 Å². The van der Waals surface area contributed by atoms with Gasteiger partial charge >= 0.3 is 5.97 Å². The average Bonchev–Trinajstić information content (AvgIpc) is 1.97. The first kappa shape index (κ1) is 14.4. The highest BCUT2D eigenvalue weighted by molar-refractivity contribution is 5.76. The van der Waals surface area contributed by atoms with E-state index in [2.05, 4.69) is 25.7 Å². The monoisotopic (exact) mass is 216 g/mol. The van der Waals surface area contributed by atoms with Crippen LogP contribution in [0.4, 0.5) is 0 Å². The molecule has 0 heterocycles. The molecule has 3 nitrogen and oxygen atoms in total. The van der Waals surface area contributed by atoms with E-state index in [1.807, 2.05) is 27.7 Å². The first-order valence-corrected chi connectivity index (χ1v) is 5.30. The molecule has 0 fully saturated rings. The van der Waals surface area contributed by atoms with Crippen molar-refractivity contribution in [2.45, 2.75) is 54.9 Å². The largest absolute Gasteiger partial charge is 0.348 e. The Kier molecular flexibility index (Phi) is 3.97. The molecule has 0 aliphatic rings. The SMILES string of the molecule is CC(C)(C)CC(C)(C(=O)OO)C(C)(C)C. The summed E-state index contributed by atoms with van der Waals surface area (Å²) in [6.45, 7) is 14.0. The number of rotatable bonds is 2. The lowest BCUT2D eigenvalue weighted by atomic mass is 9.61. The summed E-state index contributed by atoms with van der Waals surface area (Å²) in [6, 6.07) is 0. The van der Waals surface area contributed by atoms with Crippen molar-refractivity contribution in [1.82, 2.24) is 0 Å². The van der Waals surface area contributed by atoms with Gasteiger partial charge in [0.25, 0.3) is 0 Å². The van der Waals surface area contributed by atoms with Crippen molar-refractivity contribution in [3.63, 3.8) is 0 Å². The number of hydrogen-bond donors (Lipinski definition) is 1. The molecular weight excluding hydrogens is 192 g/mol. The van der Waals surface area contributed by atoms with Crippen LogP contribution >= 0.6 is 0 Å². The zero-order valence-electron chi connectivity index (χ0n) is 11.0. The Balaban J connectivity index is 5.14. The van der Waals surface area contributed by atoms with E-state index >= 15 is 0 Å². The fraction of sp³-hybridized carbons (Fsp3) is 0.917. The molecular formula is C12H24O3. The third-order valence-corrected chi connectivity index (χ3v) is 3.07. The molecule has 0 radical (unpaired) electrons. The molecule has 0 aromatic rings. The van der Waals surface area contributed by atoms with E-state index in [-0.39, 0.29) is 10.8 Å². The molecule has 1 N–H and O–H groups in total. The summed E-state index contributed by atoms with van der Waals surface area (Å²) in [6.07, 6.45) is 0.670. The van der Waals surface area contributed by atoms with Gasteiger partial charge in [0.1, 0.15) is 0 Å². The molecule has 0 rings (SSSR count). The quantitative estimate of drug-likeness (QED) is 0.567. The van der Waals surface area contributed by atoms with Gasteiger partial charge in [-0.05, 0) is 24.2 Å². The van der Waals surface area contributed by atoms with Gasteiger partial charge in [0, 0.05) is 0 Å². The summed E-state index contributed by atoms with van der Waals surface area (Å²) in [5.74, 6) is -0.551. The van der Waals surface area contributed by atoms with Gasteiger partial charge in [-0.15, -0.1) is 0 Å². The zero-order chi connectivity index (χ0) is 12.5. The van der Waals surface area contributed by atoms with Crippen molar-refractivity contribution in [3.8, 4) is 0 Å². The lowest BCUT2D eigenvalue weighted by Crippen LogP contribution is -2.44. The summed E-state index contributed by atoms with van der Waals surface area (Å²) < 4.78 is 0. The first-order chi connectivity index (χ1) is 6.44. The molecule has 0 spiro atoms. The summed E-state index contributed by atoms with van der Waals surface area (Å²) >= 11 is 0. The lowest BCUT2D eigenvalue weighted by molar-refractivity contribution is -0.251. The molecule has 0 aliphatic carbocycles. The van der Waals surface area contributed by atoms with Crippen LogP contribution < -0.4 is 0 Å². The highest BCUT2D eigenvalue weighted by atomic mass is 17.1. The van der Waals surface area contributed by atoms with Crippen LogP contribution in [0, 0.1) is 16.2 Å². The smallest absolute Gasteiger partial charge is 0.300 e. The van der Waals surface area contributed by atoms with E-state index in [9.17, 15) is 4.79 Å². The maximum absolute atomic E-state index is 11.7. The fourth-order valence-electron chi connectivity index (χ4n) is 1.80. The van der Waals surface area contributed by atoms with Gasteiger partial charge in [-0.1, -0.05) is 41.5 Å². The molecule has 3 heteroatoms. The van der Waals surface area contributed by atoms with Crippen LogP contribution in [0.5, 0.6) is 0 Å². The molecule has 15 heavy (non-hydrogen) atoms. The fourth-order valence-corrected chi connectivity index (χ4v) is 1.80. The van der Waals surface area contributed by atoms with Crippen LogP contribution in [0.25, 0.3) is 0 Å². The van der Waals surface area contributed by atoms with E-state index < -0.39 is 11.4 Å². The highest BCUT2D eigenvalue weighted by Gasteiger charge is 2.48. The molecule has 0 aliphatic heterocycles. The Morgan fingerprint density at radius 3 is 1.67 bits per heavy atom. The van der Waals surface area contributed by atoms with Crippen LogP contribution in [-0.2, 0) is 9.68 Å². The highest BCUT2D eigenvalue weighted by Crippen LogP contribution is 2.47. The Morgan fingerprint density at radius 2 is 1.47 bits per heavy atom. The minimum Gasteiger partial charge on any atom is -0.300 e. The average molecular weight is 216 g/mol. The molecule has 1 atom stereocenters. The number of hydrogen-bond acceptors (Lipinski definition) is 3. The van der Waals surface area contributed by atoms with Crippen molar-refractivity contribution in [2.75, 3.05) is 0 Å². The molecule has 1 unspecified atom stereocenters. The first-order valence-electron chi connectivity index (χ1n) is 5.30. The Labute approximate surface area is 92.8 Å². The van der Waals surface area contributed by atoms with Crippen molar-refractivity contribution in [3.05, 3.63) is 0 Å². The van der Waals surface area contributed by atoms with E-state index in [0.29, 0.717) is 6.42 Å². The predicted octanol–water partition coefficient (Wildman–Crippen LogP) is 3.49. The molecule has 0 amide bonds. The lowest BCUT2D eigenvalue weighted by Gasteiger charge is -2.42. The maximum atomic E-state index is 11.7. The van der Waals surface area contributed by atoms with Gasteiger partial charge in [0.15, 0.2) is 0 Å². The summed E-state index contributed by atoms with van der Waals surface area (Å²) in [5.41, 5.74) is -0.920. The van der Waals surface area contributed by atoms with Crippen molar-refractivity contribution in [1.29, 1.82) is 0 Å². The number of carbonyl (C=O) groups is 1. The molecule has 0 saturated carbocycles. The minimum atomic E-state index is -0.681. The number of carbonyl (C=O) groups excluding carboxylic acids is 1. The Morgan fingerprint density at radius 1 is 1.07 bits per heavy atom. The van der Waals surface area contributed by atoms with Crippen LogP contribution in [0.2, 0.25) is 0 Å². The van der Waals surface area contributed by atoms with Crippen molar-refractivity contribution >= 4 is 5.97 Å². The van der Waals surface area contributed by atoms with Crippen LogP contribution in [0.3, 0.4) is 0 Å². The van der Waals surface area contributed by atoms with Gasteiger partial charge in [0.05, 0.1) is 5.41 Å². The normalized spacial score (nSPS) is 17.1. The van der Waals surface area contributed by atoms with Gasteiger partial charge in [-0.2, -0.15) is 5.26 Å². The molecule has 0 saturated heterocycles. The zero-order valence-corrected chi connectivity index (χ0v) is 11.0. The standard InChI is InChI=1S/C12H24O3/c1-10(2,3)8-12(7,9(13)15-14)11(4,5)6/h14H,8H2,1-7H3.